The maximum Gasteiger partial charge on any atom is 0.508 e. The van der Waals surface area contributed by atoms with Crippen molar-refractivity contribution in [3.63, 3.8) is 0 Å². The maximum absolute atomic E-state index is 11.6. The highest BCUT2D eigenvalue weighted by atomic mass is 16.7. The van der Waals surface area contributed by atoms with Crippen molar-refractivity contribution in [1.82, 2.24) is 0 Å². The van der Waals surface area contributed by atoms with E-state index in [9.17, 15) is 9.90 Å². The first-order chi connectivity index (χ1) is 13.6. The van der Waals surface area contributed by atoms with E-state index in [1.807, 2.05) is 31.2 Å². The Labute approximate surface area is 169 Å². The average molecular weight is 393 g/mol. The molecule has 0 aliphatic heterocycles. The van der Waals surface area contributed by atoms with Gasteiger partial charge in [0.1, 0.15) is 11.9 Å². The lowest BCUT2D eigenvalue weighted by molar-refractivity contribution is -0.0536. The number of unbranched alkanes of at least 4 members (excludes halogenated alkanes) is 4. The van der Waals surface area contributed by atoms with Crippen LogP contribution in [-0.4, -0.2) is 30.6 Å². The van der Waals surface area contributed by atoms with Crippen LogP contribution in [0, 0.1) is 0 Å². The van der Waals surface area contributed by atoms with Crippen molar-refractivity contribution >= 4 is 6.16 Å². The zero-order valence-corrected chi connectivity index (χ0v) is 17.5. The summed E-state index contributed by atoms with van der Waals surface area (Å²) >= 11 is 0. The van der Waals surface area contributed by atoms with Crippen molar-refractivity contribution in [2.24, 2.45) is 0 Å². The summed E-state index contributed by atoms with van der Waals surface area (Å²) in [6.07, 6.45) is 8.49. The molecule has 0 heterocycles. The predicted molar refractivity (Wildman–Crippen MR) is 110 cm³/mol. The van der Waals surface area contributed by atoms with Crippen LogP contribution in [0.1, 0.15) is 83.6 Å². The monoisotopic (exact) mass is 392 g/mol. The Hall–Kier alpha value is -1.75. The number of benzene rings is 1. The summed E-state index contributed by atoms with van der Waals surface area (Å²) in [6.45, 7) is 5.27. The van der Waals surface area contributed by atoms with Gasteiger partial charge in [0.2, 0.25) is 0 Å². The molecule has 0 saturated heterocycles. The third-order valence-corrected chi connectivity index (χ3v) is 5.35. The van der Waals surface area contributed by atoms with E-state index in [-0.39, 0.29) is 6.10 Å². The molecular weight excluding hydrogens is 356 g/mol. The van der Waals surface area contributed by atoms with Gasteiger partial charge >= 0.3 is 6.16 Å². The fraction of sp³-hybridized carbons (Fsp3) is 0.696. The van der Waals surface area contributed by atoms with Crippen molar-refractivity contribution in [3.8, 4) is 5.75 Å². The molecule has 0 amide bonds. The van der Waals surface area contributed by atoms with Crippen LogP contribution < -0.4 is 4.74 Å². The second-order valence-electron chi connectivity index (χ2n) is 7.73. The van der Waals surface area contributed by atoms with Crippen LogP contribution in [0.5, 0.6) is 5.75 Å². The van der Waals surface area contributed by atoms with E-state index in [0.717, 1.165) is 30.8 Å². The van der Waals surface area contributed by atoms with Crippen LogP contribution in [0.3, 0.4) is 0 Å². The third kappa shape index (κ3) is 7.34. The van der Waals surface area contributed by atoms with Gasteiger partial charge in [-0.15, -0.1) is 0 Å². The Bertz CT molecular complexity index is 561. The first-order valence-electron chi connectivity index (χ1n) is 10.9. The van der Waals surface area contributed by atoms with Crippen LogP contribution in [0.15, 0.2) is 24.3 Å². The molecule has 28 heavy (non-hydrogen) atoms. The van der Waals surface area contributed by atoms with Crippen molar-refractivity contribution in [3.05, 3.63) is 29.8 Å². The summed E-state index contributed by atoms with van der Waals surface area (Å²) in [6, 6.07) is 7.76. The first-order valence-corrected chi connectivity index (χ1v) is 10.9. The summed E-state index contributed by atoms with van der Waals surface area (Å²) in [5, 5.41) is 11.0. The van der Waals surface area contributed by atoms with Crippen LogP contribution in [0.4, 0.5) is 4.79 Å². The lowest BCUT2D eigenvalue weighted by atomic mass is 9.78. The van der Waals surface area contributed by atoms with Crippen LogP contribution >= 0.6 is 0 Å². The quantitative estimate of drug-likeness (QED) is 0.385. The van der Waals surface area contributed by atoms with E-state index in [4.69, 9.17) is 14.2 Å². The van der Waals surface area contributed by atoms with Gasteiger partial charge in [-0.05, 0) is 56.2 Å². The van der Waals surface area contributed by atoms with E-state index in [1.54, 1.807) is 0 Å². The summed E-state index contributed by atoms with van der Waals surface area (Å²) in [4.78, 5) is 11.6. The second-order valence-corrected chi connectivity index (χ2v) is 7.73. The molecule has 0 spiro atoms. The minimum atomic E-state index is -0.869. The molecule has 0 bridgehead atoms. The summed E-state index contributed by atoms with van der Waals surface area (Å²) in [7, 11) is 0. The molecule has 5 heteroatoms. The Balaban J connectivity index is 1.75. The zero-order valence-electron chi connectivity index (χ0n) is 17.5. The normalized spacial score (nSPS) is 21.9. The highest BCUT2D eigenvalue weighted by Gasteiger charge is 2.36. The molecule has 1 aromatic carbocycles. The van der Waals surface area contributed by atoms with E-state index in [1.165, 1.54) is 25.7 Å². The topological polar surface area (TPSA) is 65.0 Å². The van der Waals surface area contributed by atoms with Crippen LogP contribution in [0.25, 0.3) is 0 Å². The third-order valence-electron chi connectivity index (χ3n) is 5.35. The largest absolute Gasteiger partial charge is 0.508 e. The number of hydrogen-bond acceptors (Lipinski definition) is 5. The van der Waals surface area contributed by atoms with Gasteiger partial charge in [-0.3, -0.25) is 0 Å². The number of aliphatic hydroxyl groups is 1. The standard InChI is InChI=1S/C23H36O5/c1-3-5-6-7-8-18-26-20-11-9-19(10-12-20)23(25)15-13-21(14-16-23)28-22(24)27-17-4-2/h9-12,21,25H,3-8,13-18H2,1-2H3. The van der Waals surface area contributed by atoms with Gasteiger partial charge < -0.3 is 19.3 Å². The van der Waals surface area contributed by atoms with Crippen LogP contribution in [-0.2, 0) is 15.1 Å². The van der Waals surface area contributed by atoms with Gasteiger partial charge in [-0.2, -0.15) is 0 Å². The Kier molecular flexibility index (Phi) is 9.62. The van der Waals surface area contributed by atoms with Gasteiger partial charge in [0.25, 0.3) is 0 Å². The van der Waals surface area contributed by atoms with Gasteiger partial charge in [0.05, 0.1) is 18.8 Å². The molecule has 0 atom stereocenters. The fourth-order valence-electron chi connectivity index (χ4n) is 3.59. The van der Waals surface area contributed by atoms with E-state index < -0.39 is 11.8 Å². The summed E-state index contributed by atoms with van der Waals surface area (Å²) in [5.41, 5.74) is 0.0288. The lowest BCUT2D eigenvalue weighted by Crippen LogP contribution is -2.35. The minimum absolute atomic E-state index is 0.181. The summed E-state index contributed by atoms with van der Waals surface area (Å²) in [5.74, 6) is 0.846. The van der Waals surface area contributed by atoms with E-state index in [0.29, 0.717) is 32.3 Å². The molecule has 5 nitrogen and oxygen atoms in total. The molecule has 1 aliphatic rings. The predicted octanol–water partition coefficient (Wildman–Crippen LogP) is 5.73. The molecule has 0 unspecified atom stereocenters. The highest BCUT2D eigenvalue weighted by Crippen LogP contribution is 2.38. The van der Waals surface area contributed by atoms with Gasteiger partial charge in [0, 0.05) is 0 Å². The zero-order chi connectivity index (χ0) is 20.2. The van der Waals surface area contributed by atoms with Crippen molar-refractivity contribution < 1.29 is 24.1 Å². The number of ether oxygens (including phenoxy) is 3. The Morgan fingerprint density at radius 1 is 1.00 bits per heavy atom. The molecule has 158 valence electrons. The number of carbonyl (C=O) groups excluding carboxylic acids is 1. The highest BCUT2D eigenvalue weighted by molar-refractivity contribution is 5.60. The van der Waals surface area contributed by atoms with Crippen LogP contribution in [0.2, 0.25) is 0 Å². The molecule has 1 aromatic rings. The molecule has 0 radical (unpaired) electrons. The number of carbonyl (C=O) groups is 1. The number of rotatable bonds is 11. The molecule has 1 fully saturated rings. The summed E-state index contributed by atoms with van der Waals surface area (Å²) < 4.78 is 16.1. The molecular formula is C23H36O5. The molecule has 1 saturated carbocycles. The lowest BCUT2D eigenvalue weighted by Gasteiger charge is -2.36. The molecule has 0 aromatic heterocycles. The minimum Gasteiger partial charge on any atom is -0.494 e. The second kappa shape index (κ2) is 11.9. The number of hydrogen-bond donors (Lipinski definition) is 1. The van der Waals surface area contributed by atoms with Crippen molar-refractivity contribution in [2.75, 3.05) is 13.2 Å². The molecule has 2 rings (SSSR count). The van der Waals surface area contributed by atoms with Crippen molar-refractivity contribution in [2.45, 2.75) is 89.8 Å². The first kappa shape index (κ1) is 22.5. The molecule has 1 N–H and O–H groups in total. The SMILES string of the molecule is CCCCCCCOc1ccc(C2(O)CCC(OC(=O)OCCC)CC2)cc1. The maximum atomic E-state index is 11.6. The molecule has 1 aliphatic carbocycles. The average Bonchev–Trinajstić information content (AvgIpc) is 2.71. The smallest absolute Gasteiger partial charge is 0.494 e. The Morgan fingerprint density at radius 2 is 1.68 bits per heavy atom. The van der Waals surface area contributed by atoms with Gasteiger partial charge in [0.15, 0.2) is 0 Å². The fourth-order valence-corrected chi connectivity index (χ4v) is 3.59. The van der Waals surface area contributed by atoms with Gasteiger partial charge in [-0.1, -0.05) is 51.7 Å². The van der Waals surface area contributed by atoms with E-state index >= 15 is 0 Å². The van der Waals surface area contributed by atoms with Crippen molar-refractivity contribution in [1.29, 1.82) is 0 Å². The van der Waals surface area contributed by atoms with E-state index in [2.05, 4.69) is 6.92 Å². The van der Waals surface area contributed by atoms with Gasteiger partial charge in [-0.25, -0.2) is 4.79 Å². The Morgan fingerprint density at radius 3 is 2.32 bits per heavy atom.